The molecule has 0 N–H and O–H groups in total. The van der Waals surface area contributed by atoms with Crippen LogP contribution in [0.25, 0.3) is 6.08 Å². The fourth-order valence-electron chi connectivity index (χ4n) is 2.40. The number of non-ortho nitro benzene ring substituents is 1. The van der Waals surface area contributed by atoms with Crippen molar-refractivity contribution in [1.29, 1.82) is 0 Å². The third kappa shape index (κ3) is 3.47. The monoisotopic (exact) mass is 370 g/mol. The van der Waals surface area contributed by atoms with Crippen molar-refractivity contribution in [2.45, 2.75) is 13.8 Å². The molecule has 0 bridgehead atoms. The molecule has 0 aromatic heterocycles. The Balaban J connectivity index is 1.90. The van der Waals surface area contributed by atoms with E-state index in [0.29, 0.717) is 14.8 Å². The van der Waals surface area contributed by atoms with Crippen LogP contribution < -0.4 is 4.90 Å². The van der Waals surface area contributed by atoms with Crippen molar-refractivity contribution >= 4 is 51.7 Å². The molecule has 0 spiro atoms. The molecule has 5 nitrogen and oxygen atoms in total. The molecule has 0 aliphatic carbocycles. The molecule has 1 heterocycles. The highest BCUT2D eigenvalue weighted by Crippen LogP contribution is 2.36. The van der Waals surface area contributed by atoms with E-state index in [-0.39, 0.29) is 11.6 Å². The molecule has 1 fully saturated rings. The summed E-state index contributed by atoms with van der Waals surface area (Å²) in [7, 11) is 0. The molecule has 2 aromatic carbocycles. The lowest BCUT2D eigenvalue weighted by atomic mass is 10.1. The Hall–Kier alpha value is -2.51. The van der Waals surface area contributed by atoms with Crippen LogP contribution >= 0.6 is 24.0 Å². The van der Waals surface area contributed by atoms with Gasteiger partial charge in [0, 0.05) is 12.1 Å². The average molecular weight is 370 g/mol. The predicted octanol–water partition coefficient (Wildman–Crippen LogP) is 4.62. The number of hydrogen-bond acceptors (Lipinski definition) is 5. The molecule has 3 rings (SSSR count). The number of thioether (sulfide) groups is 1. The average Bonchev–Trinajstić information content (AvgIpc) is 2.85. The zero-order chi connectivity index (χ0) is 18.1. The smallest absolute Gasteiger partial charge is 0.268 e. The van der Waals surface area contributed by atoms with E-state index in [1.165, 1.54) is 28.8 Å². The summed E-state index contributed by atoms with van der Waals surface area (Å²) in [5.74, 6) is -0.184. The van der Waals surface area contributed by atoms with Crippen molar-refractivity contribution in [3.05, 3.63) is 74.2 Å². The lowest BCUT2D eigenvalue weighted by Gasteiger charge is -2.15. The standard InChI is InChI=1S/C18H14N2O3S2/c1-11-3-6-15(9-12(11)2)19-17(21)16(25-18(19)24)10-13-4-7-14(8-5-13)20(22)23/h3-10H,1-2H3. The van der Waals surface area contributed by atoms with Crippen LogP contribution in [-0.4, -0.2) is 15.2 Å². The number of nitro benzene ring substituents is 1. The number of rotatable bonds is 3. The summed E-state index contributed by atoms with van der Waals surface area (Å²) in [4.78, 5) is 25.0. The van der Waals surface area contributed by atoms with Crippen molar-refractivity contribution < 1.29 is 9.72 Å². The van der Waals surface area contributed by atoms with Crippen molar-refractivity contribution in [2.24, 2.45) is 0 Å². The Morgan fingerprint density at radius 1 is 1.12 bits per heavy atom. The first-order chi connectivity index (χ1) is 11.9. The highest BCUT2D eigenvalue weighted by atomic mass is 32.2. The van der Waals surface area contributed by atoms with E-state index in [4.69, 9.17) is 12.2 Å². The van der Waals surface area contributed by atoms with Gasteiger partial charge in [0.2, 0.25) is 0 Å². The van der Waals surface area contributed by atoms with Crippen LogP contribution in [0.4, 0.5) is 11.4 Å². The second-order valence-corrected chi connectivity index (χ2v) is 7.31. The van der Waals surface area contributed by atoms with E-state index < -0.39 is 4.92 Å². The number of hydrogen-bond donors (Lipinski definition) is 0. The highest BCUT2D eigenvalue weighted by molar-refractivity contribution is 8.27. The summed E-state index contributed by atoms with van der Waals surface area (Å²) in [6.07, 6.45) is 1.70. The quantitative estimate of drug-likeness (QED) is 0.341. The summed E-state index contributed by atoms with van der Waals surface area (Å²) >= 11 is 6.59. The SMILES string of the molecule is Cc1ccc(N2C(=O)C(=Cc3ccc([N+](=O)[O-])cc3)SC2=S)cc1C. The lowest BCUT2D eigenvalue weighted by Crippen LogP contribution is -2.27. The van der Waals surface area contributed by atoms with Gasteiger partial charge in [-0.3, -0.25) is 19.8 Å². The summed E-state index contributed by atoms with van der Waals surface area (Å²) in [6, 6.07) is 11.8. The first-order valence-corrected chi connectivity index (χ1v) is 8.69. The van der Waals surface area contributed by atoms with Gasteiger partial charge in [0.25, 0.3) is 11.6 Å². The first kappa shape index (κ1) is 17.3. The zero-order valence-corrected chi connectivity index (χ0v) is 15.2. The minimum absolute atomic E-state index is 0.0137. The molecule has 1 aliphatic rings. The summed E-state index contributed by atoms with van der Waals surface area (Å²) in [6.45, 7) is 4.00. The van der Waals surface area contributed by atoms with Gasteiger partial charge in [-0.1, -0.05) is 30.0 Å². The number of carbonyl (C=O) groups is 1. The van der Waals surface area contributed by atoms with Crippen molar-refractivity contribution in [3.8, 4) is 0 Å². The minimum atomic E-state index is -0.455. The Kier molecular flexibility index (Phi) is 4.69. The van der Waals surface area contributed by atoms with Crippen LogP contribution in [0.2, 0.25) is 0 Å². The van der Waals surface area contributed by atoms with Gasteiger partial charge < -0.3 is 0 Å². The van der Waals surface area contributed by atoms with Crippen LogP contribution in [0.1, 0.15) is 16.7 Å². The summed E-state index contributed by atoms with van der Waals surface area (Å²) in [5, 5.41) is 10.7. The number of anilines is 1. The van der Waals surface area contributed by atoms with E-state index >= 15 is 0 Å². The van der Waals surface area contributed by atoms with Crippen LogP contribution in [0, 0.1) is 24.0 Å². The minimum Gasteiger partial charge on any atom is -0.268 e. The van der Waals surface area contributed by atoms with Gasteiger partial charge in [0.1, 0.15) is 0 Å². The molecular formula is C18H14N2O3S2. The predicted molar refractivity (Wildman–Crippen MR) is 105 cm³/mol. The van der Waals surface area contributed by atoms with E-state index in [0.717, 1.165) is 16.8 Å². The molecule has 0 saturated carbocycles. The van der Waals surface area contributed by atoms with E-state index in [2.05, 4.69) is 0 Å². The Labute approximate surface area is 154 Å². The van der Waals surface area contributed by atoms with Gasteiger partial charge in [0.15, 0.2) is 4.32 Å². The van der Waals surface area contributed by atoms with E-state index in [1.54, 1.807) is 18.2 Å². The second kappa shape index (κ2) is 6.78. The van der Waals surface area contributed by atoms with Crippen molar-refractivity contribution in [2.75, 3.05) is 4.90 Å². The van der Waals surface area contributed by atoms with Crippen LogP contribution in [0.5, 0.6) is 0 Å². The Bertz CT molecular complexity index is 920. The van der Waals surface area contributed by atoms with Crippen molar-refractivity contribution in [1.82, 2.24) is 0 Å². The van der Waals surface area contributed by atoms with E-state index in [9.17, 15) is 14.9 Å². The van der Waals surface area contributed by atoms with Crippen LogP contribution in [0.3, 0.4) is 0 Å². The number of nitrogens with zero attached hydrogens (tertiary/aromatic N) is 2. The first-order valence-electron chi connectivity index (χ1n) is 7.46. The van der Waals surface area contributed by atoms with Crippen LogP contribution in [0.15, 0.2) is 47.4 Å². The third-order valence-electron chi connectivity index (χ3n) is 3.94. The Morgan fingerprint density at radius 3 is 2.40 bits per heavy atom. The second-order valence-electron chi connectivity index (χ2n) is 5.63. The van der Waals surface area contributed by atoms with Gasteiger partial charge in [-0.15, -0.1) is 0 Å². The molecule has 0 atom stereocenters. The summed E-state index contributed by atoms with van der Waals surface area (Å²) < 4.78 is 0.474. The zero-order valence-electron chi connectivity index (χ0n) is 13.6. The van der Waals surface area contributed by atoms with Gasteiger partial charge in [0.05, 0.1) is 15.5 Å². The number of amides is 1. The van der Waals surface area contributed by atoms with Gasteiger partial charge in [-0.05, 0) is 60.9 Å². The molecule has 25 heavy (non-hydrogen) atoms. The number of thiocarbonyl (C=S) groups is 1. The third-order valence-corrected chi connectivity index (χ3v) is 5.25. The maximum absolute atomic E-state index is 12.7. The maximum atomic E-state index is 12.7. The number of aryl methyl sites for hydroxylation is 2. The van der Waals surface area contributed by atoms with Gasteiger partial charge in [-0.25, -0.2) is 0 Å². The molecule has 1 saturated heterocycles. The molecule has 1 amide bonds. The van der Waals surface area contributed by atoms with Gasteiger partial charge in [-0.2, -0.15) is 0 Å². The molecule has 2 aromatic rings. The molecular weight excluding hydrogens is 356 g/mol. The molecule has 1 aliphatic heterocycles. The topological polar surface area (TPSA) is 63.5 Å². The molecule has 7 heteroatoms. The highest BCUT2D eigenvalue weighted by Gasteiger charge is 2.33. The largest absolute Gasteiger partial charge is 0.270 e. The molecule has 0 unspecified atom stereocenters. The fraction of sp³-hybridized carbons (Fsp3) is 0.111. The van der Waals surface area contributed by atoms with Gasteiger partial charge >= 0.3 is 0 Å². The molecule has 0 radical (unpaired) electrons. The summed E-state index contributed by atoms with van der Waals surface area (Å²) in [5.41, 5.74) is 3.71. The van der Waals surface area contributed by atoms with E-state index in [1.807, 2.05) is 32.0 Å². The Morgan fingerprint density at radius 2 is 1.80 bits per heavy atom. The number of benzene rings is 2. The van der Waals surface area contributed by atoms with Crippen LogP contribution in [-0.2, 0) is 4.79 Å². The maximum Gasteiger partial charge on any atom is 0.270 e. The normalized spacial score (nSPS) is 15.9. The lowest BCUT2D eigenvalue weighted by molar-refractivity contribution is -0.384. The molecule has 126 valence electrons. The van der Waals surface area contributed by atoms with Crippen molar-refractivity contribution in [3.63, 3.8) is 0 Å². The number of nitro groups is 1. The fourth-order valence-corrected chi connectivity index (χ4v) is 3.70. The number of carbonyl (C=O) groups excluding carboxylic acids is 1.